The van der Waals surface area contributed by atoms with Crippen LogP contribution in [0.3, 0.4) is 0 Å². The van der Waals surface area contributed by atoms with Crippen molar-refractivity contribution < 1.29 is 49.3 Å². The van der Waals surface area contributed by atoms with Gasteiger partial charge in [-0.25, -0.2) is 0 Å². The average Bonchev–Trinajstić information content (AvgIpc) is 3.39. The fourth-order valence-electron chi connectivity index (χ4n) is 9.84. The first kappa shape index (κ1) is 69.2. The van der Waals surface area contributed by atoms with Crippen molar-refractivity contribution in [3.63, 3.8) is 0 Å². The highest BCUT2D eigenvalue weighted by atomic mass is 16.7. The molecule has 1 aliphatic rings. The molecule has 430 valence electrons. The number of amides is 1. The lowest BCUT2D eigenvalue weighted by atomic mass is 9.99. The topological polar surface area (TPSA) is 175 Å². The summed E-state index contributed by atoms with van der Waals surface area (Å²) >= 11 is 0. The number of nitrogens with one attached hydrogen (secondary N) is 1. The van der Waals surface area contributed by atoms with Gasteiger partial charge in [0.1, 0.15) is 24.4 Å². The van der Waals surface area contributed by atoms with Crippen LogP contribution in [0.25, 0.3) is 0 Å². The summed E-state index contributed by atoms with van der Waals surface area (Å²) < 4.78 is 16.7. The van der Waals surface area contributed by atoms with E-state index < -0.39 is 49.5 Å². The Bertz CT molecular complexity index is 1260. The molecule has 11 nitrogen and oxygen atoms in total. The van der Waals surface area contributed by atoms with Crippen LogP contribution >= 0.6 is 0 Å². The van der Waals surface area contributed by atoms with E-state index in [1.807, 2.05) is 6.08 Å². The molecule has 1 fully saturated rings. The van der Waals surface area contributed by atoms with Gasteiger partial charge >= 0.3 is 5.97 Å². The Hall–Kier alpha value is -1.86. The number of allylic oxidation sites excluding steroid dienone is 3. The molecule has 7 unspecified atom stereocenters. The smallest absolute Gasteiger partial charge is 0.305 e. The molecule has 11 heteroatoms. The van der Waals surface area contributed by atoms with Crippen molar-refractivity contribution in [2.24, 2.45) is 0 Å². The first-order valence-electron chi connectivity index (χ1n) is 31.1. The molecule has 0 bridgehead atoms. The summed E-state index contributed by atoms with van der Waals surface area (Å²) in [7, 11) is 0. The van der Waals surface area contributed by atoms with Gasteiger partial charge in [0.2, 0.25) is 5.91 Å². The molecule has 6 N–H and O–H groups in total. The van der Waals surface area contributed by atoms with Crippen LogP contribution in [-0.2, 0) is 23.8 Å². The van der Waals surface area contributed by atoms with E-state index in [0.717, 1.165) is 77.0 Å². The number of unbranched alkanes of at least 4 members (excludes halogenated alkanes) is 38. The highest BCUT2D eigenvalue weighted by Gasteiger charge is 2.44. The Labute approximate surface area is 448 Å². The van der Waals surface area contributed by atoms with E-state index in [4.69, 9.17) is 14.2 Å². The highest BCUT2D eigenvalue weighted by molar-refractivity contribution is 5.76. The number of aliphatic hydroxyl groups is 5. The molecule has 0 spiro atoms. The second-order valence-corrected chi connectivity index (χ2v) is 21.8. The molecule has 7 atom stereocenters. The fourth-order valence-corrected chi connectivity index (χ4v) is 9.84. The normalized spacial score (nSPS) is 19.0. The van der Waals surface area contributed by atoms with Gasteiger partial charge in [-0.05, 0) is 57.8 Å². The van der Waals surface area contributed by atoms with Crippen molar-refractivity contribution in [1.29, 1.82) is 0 Å². The van der Waals surface area contributed by atoms with E-state index in [1.165, 1.54) is 193 Å². The maximum atomic E-state index is 13.0. The Balaban J connectivity index is 2.08. The Morgan fingerprint density at radius 2 is 0.877 bits per heavy atom. The summed E-state index contributed by atoms with van der Waals surface area (Å²) in [6, 6.07) is -0.815. The number of aliphatic hydroxyl groups excluding tert-OH is 5. The molecule has 1 rings (SSSR count). The van der Waals surface area contributed by atoms with Gasteiger partial charge in [0.05, 0.1) is 32.0 Å². The summed E-state index contributed by atoms with van der Waals surface area (Å²) in [6.07, 6.45) is 52.7. The van der Waals surface area contributed by atoms with Gasteiger partial charge in [-0.15, -0.1) is 0 Å². The lowest BCUT2D eigenvalue weighted by Gasteiger charge is -2.40. The van der Waals surface area contributed by atoms with Crippen molar-refractivity contribution >= 4 is 11.9 Å². The largest absolute Gasteiger partial charge is 0.466 e. The molecule has 0 aliphatic carbocycles. The molecule has 0 aromatic rings. The number of rotatable bonds is 54. The predicted molar refractivity (Wildman–Crippen MR) is 301 cm³/mol. The van der Waals surface area contributed by atoms with Gasteiger partial charge in [-0.3, -0.25) is 9.59 Å². The van der Waals surface area contributed by atoms with E-state index in [-0.39, 0.29) is 18.5 Å². The summed E-state index contributed by atoms with van der Waals surface area (Å²) in [5, 5.41) is 54.4. The van der Waals surface area contributed by atoms with Gasteiger partial charge in [-0.1, -0.05) is 250 Å². The Morgan fingerprint density at radius 3 is 1.32 bits per heavy atom. The number of hydrogen-bond donors (Lipinski definition) is 6. The SMILES string of the molecule is CCCCCCCCCCCCC/C=C/C(O)C(COC1OC(CO)C(O)C(O)C1O)NC(=O)CCCCCCCCC/C=C\CCCCCCCCCCCCOC(=O)CCCCCCCCCCCCC. The summed E-state index contributed by atoms with van der Waals surface area (Å²) in [4.78, 5) is 25.1. The quantitative estimate of drug-likeness (QED) is 0.0195. The first-order chi connectivity index (χ1) is 35.7. The number of carbonyl (C=O) groups excluding carboxylic acids is 2. The summed E-state index contributed by atoms with van der Waals surface area (Å²) in [5.74, 6) is -0.193. The molecule has 0 aromatic carbocycles. The van der Waals surface area contributed by atoms with Crippen LogP contribution < -0.4 is 5.32 Å². The maximum Gasteiger partial charge on any atom is 0.305 e. The second kappa shape index (κ2) is 52.2. The molecule has 1 amide bonds. The lowest BCUT2D eigenvalue weighted by molar-refractivity contribution is -0.302. The van der Waals surface area contributed by atoms with Crippen LogP contribution in [0, 0.1) is 0 Å². The first-order valence-corrected chi connectivity index (χ1v) is 31.1. The van der Waals surface area contributed by atoms with Gasteiger partial charge in [-0.2, -0.15) is 0 Å². The summed E-state index contributed by atoms with van der Waals surface area (Å²) in [6.45, 7) is 4.34. The van der Waals surface area contributed by atoms with Crippen LogP contribution in [-0.4, -0.2) is 100 Å². The molecule has 1 saturated heterocycles. The predicted octanol–water partition coefficient (Wildman–Crippen LogP) is 14.5. The standard InChI is InChI=1S/C62H117NO10/c1-3-5-7-9-11-13-15-25-29-32-36-40-44-48-55(65)54(53-72-62-61(70)60(69)59(68)56(52-64)73-62)63-57(66)49-45-41-37-33-30-26-23-21-19-17-16-18-20-22-24-27-31-35-39-43-47-51-71-58(67)50-46-42-38-34-28-14-12-10-8-6-4-2/h17,19,44,48,54-56,59-62,64-65,68-70H,3-16,18,20-43,45-47,49-53H2,1-2H3,(H,63,66)/b19-17-,48-44+. The number of carbonyl (C=O) groups is 2. The van der Waals surface area contributed by atoms with Crippen LogP contribution in [0.1, 0.15) is 296 Å². The molecule has 0 aromatic heterocycles. The Kier molecular flexibility index (Phi) is 49.5. The third-order valence-electron chi connectivity index (χ3n) is 14.8. The number of esters is 1. The second-order valence-electron chi connectivity index (χ2n) is 21.8. The number of hydrogen-bond acceptors (Lipinski definition) is 10. The summed E-state index contributed by atoms with van der Waals surface area (Å²) in [5.41, 5.74) is 0. The van der Waals surface area contributed by atoms with Crippen molar-refractivity contribution in [2.45, 2.75) is 339 Å². The molecule has 1 heterocycles. The van der Waals surface area contributed by atoms with Gasteiger partial charge in [0.15, 0.2) is 6.29 Å². The molecule has 73 heavy (non-hydrogen) atoms. The molecule has 0 saturated carbocycles. The van der Waals surface area contributed by atoms with Crippen molar-refractivity contribution in [1.82, 2.24) is 5.32 Å². The minimum Gasteiger partial charge on any atom is -0.466 e. The van der Waals surface area contributed by atoms with Crippen molar-refractivity contribution in [3.05, 3.63) is 24.3 Å². The molecular weight excluding hydrogens is 919 g/mol. The zero-order valence-corrected chi connectivity index (χ0v) is 47.4. The fraction of sp³-hybridized carbons (Fsp3) is 0.903. The van der Waals surface area contributed by atoms with E-state index in [2.05, 4.69) is 31.3 Å². The maximum absolute atomic E-state index is 13.0. The minimum atomic E-state index is -1.57. The zero-order valence-electron chi connectivity index (χ0n) is 47.4. The third kappa shape index (κ3) is 41.9. The van der Waals surface area contributed by atoms with Crippen molar-refractivity contribution in [2.75, 3.05) is 19.8 Å². The van der Waals surface area contributed by atoms with Gasteiger partial charge < -0.3 is 45.1 Å². The van der Waals surface area contributed by atoms with E-state index in [0.29, 0.717) is 19.4 Å². The lowest BCUT2D eigenvalue weighted by Crippen LogP contribution is -2.60. The van der Waals surface area contributed by atoms with Crippen LogP contribution in [0.15, 0.2) is 24.3 Å². The van der Waals surface area contributed by atoms with Gasteiger partial charge in [0, 0.05) is 12.8 Å². The van der Waals surface area contributed by atoms with Crippen LogP contribution in [0.4, 0.5) is 0 Å². The third-order valence-corrected chi connectivity index (χ3v) is 14.8. The van der Waals surface area contributed by atoms with Crippen molar-refractivity contribution in [3.8, 4) is 0 Å². The molecule has 0 radical (unpaired) electrons. The monoisotopic (exact) mass is 1040 g/mol. The average molecular weight is 1040 g/mol. The van der Waals surface area contributed by atoms with Crippen LogP contribution in [0.2, 0.25) is 0 Å². The minimum absolute atomic E-state index is 0.00504. The zero-order chi connectivity index (χ0) is 53.1. The van der Waals surface area contributed by atoms with Crippen LogP contribution in [0.5, 0.6) is 0 Å². The van der Waals surface area contributed by atoms with E-state index in [9.17, 15) is 35.1 Å². The van der Waals surface area contributed by atoms with Gasteiger partial charge in [0.25, 0.3) is 0 Å². The molecule has 1 aliphatic heterocycles. The Morgan fingerprint density at radius 1 is 0.493 bits per heavy atom. The highest BCUT2D eigenvalue weighted by Crippen LogP contribution is 2.23. The van der Waals surface area contributed by atoms with E-state index in [1.54, 1.807) is 6.08 Å². The van der Waals surface area contributed by atoms with E-state index >= 15 is 0 Å². The number of ether oxygens (including phenoxy) is 3. The molecular formula is C62H117NO10.